The molecule has 0 unspecified atom stereocenters. The molecule has 2 rings (SSSR count). The number of aryl methyl sites for hydroxylation is 1. The van der Waals surface area contributed by atoms with Crippen LogP contribution in [0.15, 0.2) is 17.1 Å². The first-order valence-electron chi connectivity index (χ1n) is 7.54. The molecule has 0 aromatic carbocycles. The average molecular weight is 436 g/mol. The Kier molecular flexibility index (Phi) is 8.77. The number of thiophene rings is 1. The normalized spacial score (nSPS) is 14.2. The van der Waals surface area contributed by atoms with Crippen molar-refractivity contribution in [2.24, 2.45) is 10.9 Å². The number of aliphatic imine (C=N–C) groups is 1. The van der Waals surface area contributed by atoms with E-state index in [-0.39, 0.29) is 35.8 Å². The smallest absolute Gasteiger partial charge is 0.223 e. The van der Waals surface area contributed by atoms with Crippen molar-refractivity contribution in [3.8, 4) is 0 Å². The van der Waals surface area contributed by atoms with E-state index in [9.17, 15) is 4.79 Å². The minimum absolute atomic E-state index is 0. The molecule has 0 aliphatic heterocycles. The van der Waals surface area contributed by atoms with Crippen LogP contribution < -0.4 is 16.0 Å². The monoisotopic (exact) mass is 436 g/mol. The van der Waals surface area contributed by atoms with Gasteiger partial charge in [0.25, 0.3) is 0 Å². The van der Waals surface area contributed by atoms with Crippen molar-refractivity contribution in [2.45, 2.75) is 33.2 Å². The topological polar surface area (TPSA) is 65.5 Å². The number of guanidine groups is 1. The summed E-state index contributed by atoms with van der Waals surface area (Å²) in [5.41, 5.74) is 0. The first-order chi connectivity index (χ1) is 10.2. The molecule has 1 fully saturated rings. The second kappa shape index (κ2) is 10.0. The average Bonchev–Trinajstić information content (AvgIpc) is 3.24. The van der Waals surface area contributed by atoms with E-state index in [2.05, 4.69) is 40.0 Å². The van der Waals surface area contributed by atoms with Gasteiger partial charge < -0.3 is 16.0 Å². The molecular weight excluding hydrogens is 411 g/mol. The van der Waals surface area contributed by atoms with Gasteiger partial charge in [-0.25, -0.2) is 4.99 Å². The Morgan fingerprint density at radius 2 is 2.00 bits per heavy atom. The Bertz CT molecular complexity index is 499. The van der Waals surface area contributed by atoms with Crippen LogP contribution in [0.25, 0.3) is 0 Å². The summed E-state index contributed by atoms with van der Waals surface area (Å²) < 4.78 is 0. The molecule has 1 amide bonds. The number of nitrogens with zero attached hydrogens (tertiary/aromatic N) is 1. The van der Waals surface area contributed by atoms with Crippen molar-refractivity contribution >= 4 is 47.2 Å². The van der Waals surface area contributed by atoms with E-state index in [0.717, 1.165) is 25.3 Å². The van der Waals surface area contributed by atoms with Crippen LogP contribution in [0.5, 0.6) is 0 Å². The molecule has 0 saturated heterocycles. The first kappa shape index (κ1) is 19.2. The van der Waals surface area contributed by atoms with Crippen LogP contribution in [0.1, 0.15) is 29.5 Å². The van der Waals surface area contributed by atoms with Gasteiger partial charge in [0.05, 0.1) is 6.54 Å². The molecule has 0 atom stereocenters. The van der Waals surface area contributed by atoms with Gasteiger partial charge in [0.15, 0.2) is 5.96 Å². The lowest BCUT2D eigenvalue weighted by Gasteiger charge is -2.11. The number of rotatable bonds is 7. The second-order valence-corrected chi connectivity index (χ2v) is 6.57. The Morgan fingerprint density at radius 1 is 1.27 bits per heavy atom. The SMILES string of the molecule is CCNC(=NCc1ccc(C)s1)NCCNC(=O)C1CC1.I. The third-order valence-corrected chi connectivity index (χ3v) is 4.18. The van der Waals surface area contributed by atoms with Crippen molar-refractivity contribution in [3.05, 3.63) is 21.9 Å². The summed E-state index contributed by atoms with van der Waals surface area (Å²) in [6.45, 7) is 6.98. The largest absolute Gasteiger partial charge is 0.357 e. The molecule has 1 heterocycles. The highest BCUT2D eigenvalue weighted by molar-refractivity contribution is 14.0. The molecule has 0 spiro atoms. The number of halogens is 1. The molecule has 1 aliphatic rings. The third kappa shape index (κ3) is 6.95. The van der Waals surface area contributed by atoms with Gasteiger partial charge in [-0.1, -0.05) is 0 Å². The zero-order valence-corrected chi connectivity index (χ0v) is 16.3. The lowest BCUT2D eigenvalue weighted by molar-refractivity contribution is -0.122. The summed E-state index contributed by atoms with van der Waals surface area (Å²) in [4.78, 5) is 18.6. The standard InChI is InChI=1S/C15H24N4OS.HI/c1-3-16-15(19-10-13-7-4-11(2)21-13)18-9-8-17-14(20)12-5-6-12;/h4,7,12H,3,5-6,8-10H2,1-2H3,(H,17,20)(H2,16,18,19);1H. The van der Waals surface area contributed by atoms with E-state index < -0.39 is 0 Å². The zero-order chi connectivity index (χ0) is 15.1. The Morgan fingerprint density at radius 3 is 2.59 bits per heavy atom. The number of hydrogen-bond donors (Lipinski definition) is 3. The van der Waals surface area contributed by atoms with Crippen LogP contribution >= 0.6 is 35.3 Å². The lowest BCUT2D eigenvalue weighted by Crippen LogP contribution is -2.41. The Labute approximate surface area is 153 Å². The summed E-state index contributed by atoms with van der Waals surface area (Å²) in [7, 11) is 0. The maximum Gasteiger partial charge on any atom is 0.223 e. The van der Waals surface area contributed by atoms with E-state index in [0.29, 0.717) is 19.6 Å². The maximum absolute atomic E-state index is 11.5. The van der Waals surface area contributed by atoms with E-state index in [4.69, 9.17) is 0 Å². The molecule has 124 valence electrons. The van der Waals surface area contributed by atoms with E-state index in [1.165, 1.54) is 9.75 Å². The van der Waals surface area contributed by atoms with Crippen molar-refractivity contribution in [1.29, 1.82) is 0 Å². The molecule has 0 bridgehead atoms. The van der Waals surface area contributed by atoms with E-state index >= 15 is 0 Å². The Hall–Kier alpha value is -0.830. The first-order valence-corrected chi connectivity index (χ1v) is 8.36. The molecule has 0 radical (unpaired) electrons. The minimum Gasteiger partial charge on any atom is -0.357 e. The number of hydrogen-bond acceptors (Lipinski definition) is 3. The molecule has 7 heteroatoms. The summed E-state index contributed by atoms with van der Waals surface area (Å²) in [5.74, 6) is 1.26. The number of carbonyl (C=O) groups is 1. The summed E-state index contributed by atoms with van der Waals surface area (Å²) >= 11 is 1.77. The van der Waals surface area contributed by atoms with Crippen LogP contribution in [0, 0.1) is 12.8 Å². The fraction of sp³-hybridized carbons (Fsp3) is 0.600. The van der Waals surface area contributed by atoms with E-state index in [1.807, 2.05) is 6.92 Å². The molecule has 1 saturated carbocycles. The van der Waals surface area contributed by atoms with Crippen molar-refractivity contribution in [1.82, 2.24) is 16.0 Å². The molecule has 1 aliphatic carbocycles. The van der Waals surface area contributed by atoms with Crippen LogP contribution in [-0.2, 0) is 11.3 Å². The molecular formula is C15H25IN4OS. The minimum atomic E-state index is 0. The predicted octanol–water partition coefficient (Wildman–Crippen LogP) is 2.26. The van der Waals surface area contributed by atoms with Crippen LogP contribution in [0.3, 0.4) is 0 Å². The number of carbonyl (C=O) groups excluding carboxylic acids is 1. The molecule has 1 aromatic rings. The van der Waals surface area contributed by atoms with Gasteiger partial charge in [-0.2, -0.15) is 0 Å². The highest BCUT2D eigenvalue weighted by Crippen LogP contribution is 2.28. The van der Waals surface area contributed by atoms with E-state index in [1.54, 1.807) is 11.3 Å². The highest BCUT2D eigenvalue weighted by atomic mass is 127. The number of amides is 1. The number of nitrogens with one attached hydrogen (secondary N) is 3. The molecule has 5 nitrogen and oxygen atoms in total. The fourth-order valence-electron chi connectivity index (χ4n) is 1.93. The molecule has 1 aromatic heterocycles. The van der Waals surface area contributed by atoms with Gasteiger partial charge in [0.1, 0.15) is 0 Å². The maximum atomic E-state index is 11.5. The second-order valence-electron chi connectivity index (χ2n) is 5.20. The third-order valence-electron chi connectivity index (χ3n) is 3.20. The van der Waals surface area contributed by atoms with Gasteiger partial charge in [0.2, 0.25) is 5.91 Å². The fourth-order valence-corrected chi connectivity index (χ4v) is 2.74. The van der Waals surface area contributed by atoms with Gasteiger partial charge in [-0.05, 0) is 38.8 Å². The molecule has 22 heavy (non-hydrogen) atoms. The van der Waals surface area contributed by atoms with Crippen molar-refractivity contribution < 1.29 is 4.79 Å². The van der Waals surface area contributed by atoms with Crippen LogP contribution in [0.4, 0.5) is 0 Å². The lowest BCUT2D eigenvalue weighted by atomic mass is 10.4. The van der Waals surface area contributed by atoms with Crippen molar-refractivity contribution in [3.63, 3.8) is 0 Å². The quantitative estimate of drug-likeness (QED) is 0.266. The van der Waals surface area contributed by atoms with Crippen molar-refractivity contribution in [2.75, 3.05) is 19.6 Å². The van der Waals surface area contributed by atoms with Gasteiger partial charge >= 0.3 is 0 Å². The highest BCUT2D eigenvalue weighted by Gasteiger charge is 2.28. The predicted molar refractivity (Wildman–Crippen MR) is 103 cm³/mol. The summed E-state index contributed by atoms with van der Waals surface area (Å²) in [5, 5.41) is 9.39. The molecule has 3 N–H and O–H groups in total. The Balaban J connectivity index is 0.00000242. The van der Waals surface area contributed by atoms with Crippen LogP contribution in [0.2, 0.25) is 0 Å². The van der Waals surface area contributed by atoms with Crippen LogP contribution in [-0.4, -0.2) is 31.5 Å². The summed E-state index contributed by atoms with van der Waals surface area (Å²) in [6, 6.07) is 4.23. The summed E-state index contributed by atoms with van der Waals surface area (Å²) in [6.07, 6.45) is 2.09. The van der Waals surface area contributed by atoms with Gasteiger partial charge in [0, 0.05) is 35.3 Å². The van der Waals surface area contributed by atoms with Gasteiger partial charge in [-0.3, -0.25) is 4.79 Å². The van der Waals surface area contributed by atoms with Gasteiger partial charge in [-0.15, -0.1) is 35.3 Å². The zero-order valence-electron chi connectivity index (χ0n) is 13.1.